The van der Waals surface area contributed by atoms with Gasteiger partial charge < -0.3 is 10.4 Å². The highest BCUT2D eigenvalue weighted by molar-refractivity contribution is 5.88. The van der Waals surface area contributed by atoms with Crippen molar-refractivity contribution in [2.75, 3.05) is 11.9 Å². The standard InChI is InChI=1S/C15H21N5O2/c1-2-5-13(21)10-17-15(22)19-14-7-9-18-20(14)11-12-6-3-4-8-16-12/h3-4,6-9,13,21H,2,5,10-11H2,1H3,(H2,17,19,22). The van der Waals surface area contributed by atoms with Crippen molar-refractivity contribution in [3.8, 4) is 0 Å². The molecule has 0 saturated heterocycles. The van der Waals surface area contributed by atoms with E-state index < -0.39 is 6.10 Å². The van der Waals surface area contributed by atoms with Crippen LogP contribution >= 0.6 is 0 Å². The Labute approximate surface area is 129 Å². The summed E-state index contributed by atoms with van der Waals surface area (Å²) in [7, 11) is 0. The van der Waals surface area contributed by atoms with Gasteiger partial charge in [0.05, 0.1) is 24.5 Å². The van der Waals surface area contributed by atoms with Crippen LogP contribution in [0, 0.1) is 0 Å². The molecule has 7 heteroatoms. The van der Waals surface area contributed by atoms with Gasteiger partial charge >= 0.3 is 6.03 Å². The van der Waals surface area contributed by atoms with E-state index in [0.29, 0.717) is 18.8 Å². The van der Waals surface area contributed by atoms with Crippen LogP contribution in [0.2, 0.25) is 0 Å². The van der Waals surface area contributed by atoms with Gasteiger partial charge in [-0.05, 0) is 18.6 Å². The van der Waals surface area contributed by atoms with E-state index in [9.17, 15) is 9.90 Å². The summed E-state index contributed by atoms with van der Waals surface area (Å²) in [6.07, 6.45) is 4.35. The fraction of sp³-hybridized carbons (Fsp3) is 0.400. The number of amides is 2. The van der Waals surface area contributed by atoms with E-state index >= 15 is 0 Å². The van der Waals surface area contributed by atoms with Gasteiger partial charge in [0.1, 0.15) is 5.82 Å². The average molecular weight is 303 g/mol. The number of anilines is 1. The monoisotopic (exact) mass is 303 g/mol. The van der Waals surface area contributed by atoms with Crippen LogP contribution in [0.15, 0.2) is 36.7 Å². The maximum Gasteiger partial charge on any atom is 0.320 e. The van der Waals surface area contributed by atoms with Crippen molar-refractivity contribution in [2.24, 2.45) is 0 Å². The van der Waals surface area contributed by atoms with E-state index in [2.05, 4.69) is 20.7 Å². The fourth-order valence-corrected chi connectivity index (χ4v) is 2.02. The molecule has 22 heavy (non-hydrogen) atoms. The number of hydrogen-bond acceptors (Lipinski definition) is 4. The Balaban J connectivity index is 1.88. The normalized spacial score (nSPS) is 11.9. The van der Waals surface area contributed by atoms with Crippen LogP contribution in [-0.2, 0) is 6.54 Å². The second-order valence-electron chi connectivity index (χ2n) is 4.97. The first-order chi connectivity index (χ1) is 10.7. The van der Waals surface area contributed by atoms with E-state index in [1.165, 1.54) is 0 Å². The first-order valence-corrected chi connectivity index (χ1v) is 7.33. The Kier molecular flexibility index (Phi) is 5.91. The zero-order valence-corrected chi connectivity index (χ0v) is 12.6. The predicted molar refractivity (Wildman–Crippen MR) is 83.5 cm³/mol. The minimum absolute atomic E-state index is 0.230. The van der Waals surface area contributed by atoms with Crippen LogP contribution in [0.25, 0.3) is 0 Å². The molecular weight excluding hydrogens is 282 g/mol. The molecule has 0 radical (unpaired) electrons. The van der Waals surface area contributed by atoms with Crippen molar-refractivity contribution < 1.29 is 9.90 Å². The minimum atomic E-state index is -0.519. The summed E-state index contributed by atoms with van der Waals surface area (Å²) < 4.78 is 1.66. The highest BCUT2D eigenvalue weighted by Crippen LogP contribution is 2.08. The summed E-state index contributed by atoms with van der Waals surface area (Å²) in [5, 5.41) is 19.1. The molecular formula is C15H21N5O2. The van der Waals surface area contributed by atoms with Gasteiger partial charge in [0.15, 0.2) is 0 Å². The zero-order valence-electron chi connectivity index (χ0n) is 12.6. The third-order valence-corrected chi connectivity index (χ3v) is 3.12. The number of nitrogens with one attached hydrogen (secondary N) is 2. The molecule has 0 aliphatic carbocycles. The van der Waals surface area contributed by atoms with Crippen LogP contribution in [-0.4, -0.2) is 38.6 Å². The quantitative estimate of drug-likeness (QED) is 0.724. The second kappa shape index (κ2) is 8.14. The number of pyridine rings is 1. The largest absolute Gasteiger partial charge is 0.391 e. The lowest BCUT2D eigenvalue weighted by molar-refractivity contribution is 0.162. The van der Waals surface area contributed by atoms with Crippen molar-refractivity contribution in [1.29, 1.82) is 0 Å². The van der Waals surface area contributed by atoms with E-state index in [-0.39, 0.29) is 12.6 Å². The molecule has 0 spiro atoms. The van der Waals surface area contributed by atoms with Crippen LogP contribution in [0.1, 0.15) is 25.5 Å². The highest BCUT2D eigenvalue weighted by Gasteiger charge is 2.09. The number of aliphatic hydroxyl groups is 1. The van der Waals surface area contributed by atoms with Crippen LogP contribution in [0.5, 0.6) is 0 Å². The van der Waals surface area contributed by atoms with Crippen molar-refractivity contribution >= 4 is 11.8 Å². The van der Waals surface area contributed by atoms with E-state index in [1.54, 1.807) is 23.1 Å². The smallest absolute Gasteiger partial charge is 0.320 e. The number of hydrogen-bond donors (Lipinski definition) is 3. The fourth-order valence-electron chi connectivity index (χ4n) is 2.02. The van der Waals surface area contributed by atoms with Crippen molar-refractivity contribution in [1.82, 2.24) is 20.1 Å². The topological polar surface area (TPSA) is 92.1 Å². The number of rotatable bonds is 7. The molecule has 118 valence electrons. The molecule has 2 amide bonds. The van der Waals surface area contributed by atoms with Gasteiger partial charge in [-0.25, -0.2) is 9.48 Å². The van der Waals surface area contributed by atoms with Crippen molar-refractivity contribution in [3.63, 3.8) is 0 Å². The SMILES string of the molecule is CCCC(O)CNC(=O)Nc1ccnn1Cc1ccccn1. The van der Waals surface area contributed by atoms with Crippen LogP contribution in [0.3, 0.4) is 0 Å². The number of aromatic nitrogens is 3. The number of carbonyl (C=O) groups excluding carboxylic acids is 1. The molecule has 0 aromatic carbocycles. The lowest BCUT2D eigenvalue weighted by atomic mass is 10.2. The van der Waals surface area contributed by atoms with Crippen LogP contribution < -0.4 is 10.6 Å². The van der Waals surface area contributed by atoms with E-state index in [4.69, 9.17) is 0 Å². The van der Waals surface area contributed by atoms with E-state index in [0.717, 1.165) is 12.1 Å². The van der Waals surface area contributed by atoms with E-state index in [1.807, 2.05) is 25.1 Å². The van der Waals surface area contributed by atoms with Gasteiger partial charge in [-0.3, -0.25) is 10.3 Å². The summed E-state index contributed by atoms with van der Waals surface area (Å²) in [5.74, 6) is 0.577. The number of carbonyl (C=O) groups is 1. The Morgan fingerprint density at radius 3 is 2.95 bits per heavy atom. The third kappa shape index (κ3) is 4.85. The summed E-state index contributed by atoms with van der Waals surface area (Å²) in [6.45, 7) is 2.69. The molecule has 3 N–H and O–H groups in total. The Hall–Kier alpha value is -2.41. The summed E-state index contributed by atoms with van der Waals surface area (Å²) in [5.41, 5.74) is 0.855. The molecule has 0 fully saturated rings. The second-order valence-corrected chi connectivity index (χ2v) is 4.97. The third-order valence-electron chi connectivity index (χ3n) is 3.12. The lowest BCUT2D eigenvalue weighted by Gasteiger charge is -2.12. The molecule has 7 nitrogen and oxygen atoms in total. The van der Waals surface area contributed by atoms with Gasteiger partial charge in [-0.1, -0.05) is 19.4 Å². The van der Waals surface area contributed by atoms with Gasteiger partial charge in [-0.2, -0.15) is 5.10 Å². The predicted octanol–water partition coefficient (Wildman–Crippen LogP) is 1.61. The van der Waals surface area contributed by atoms with Crippen molar-refractivity contribution in [3.05, 3.63) is 42.4 Å². The summed E-state index contributed by atoms with van der Waals surface area (Å²) in [4.78, 5) is 16.1. The van der Waals surface area contributed by atoms with Gasteiger partial charge in [-0.15, -0.1) is 0 Å². The first kappa shape index (κ1) is 16.0. The molecule has 2 aromatic rings. The molecule has 1 unspecified atom stereocenters. The first-order valence-electron chi connectivity index (χ1n) is 7.33. The molecule has 0 aliphatic rings. The summed E-state index contributed by atoms with van der Waals surface area (Å²) in [6, 6.07) is 7.00. The molecule has 0 bridgehead atoms. The molecule has 2 rings (SSSR count). The van der Waals surface area contributed by atoms with Crippen molar-refractivity contribution in [2.45, 2.75) is 32.4 Å². The molecule has 0 saturated carbocycles. The van der Waals surface area contributed by atoms with Gasteiger partial charge in [0.25, 0.3) is 0 Å². The molecule has 0 aliphatic heterocycles. The Bertz CT molecular complexity index is 585. The van der Waals surface area contributed by atoms with Crippen LogP contribution in [0.4, 0.5) is 10.6 Å². The maximum atomic E-state index is 11.8. The number of nitrogens with zero attached hydrogens (tertiary/aromatic N) is 3. The van der Waals surface area contributed by atoms with Gasteiger partial charge in [0.2, 0.25) is 0 Å². The maximum absolute atomic E-state index is 11.8. The Morgan fingerprint density at radius 1 is 1.36 bits per heavy atom. The minimum Gasteiger partial charge on any atom is -0.391 e. The van der Waals surface area contributed by atoms with Gasteiger partial charge in [0, 0.05) is 18.8 Å². The molecule has 2 aromatic heterocycles. The lowest BCUT2D eigenvalue weighted by Crippen LogP contribution is -2.35. The molecule has 2 heterocycles. The molecule has 1 atom stereocenters. The number of aliphatic hydroxyl groups excluding tert-OH is 1. The Morgan fingerprint density at radius 2 is 2.23 bits per heavy atom. The number of urea groups is 1. The zero-order chi connectivity index (χ0) is 15.8. The average Bonchev–Trinajstić information content (AvgIpc) is 2.93. The highest BCUT2D eigenvalue weighted by atomic mass is 16.3. The summed E-state index contributed by atoms with van der Waals surface area (Å²) >= 11 is 0.